The van der Waals surface area contributed by atoms with Crippen LogP contribution in [0.15, 0.2) is 40.9 Å². The van der Waals surface area contributed by atoms with Gasteiger partial charge in [-0.25, -0.2) is 4.98 Å². The highest BCUT2D eigenvalue weighted by Gasteiger charge is 2.27. The number of nitrogens with zero attached hydrogens (tertiary/aromatic N) is 5. The van der Waals surface area contributed by atoms with Gasteiger partial charge in [-0.05, 0) is 43.7 Å². The second-order valence-corrected chi connectivity index (χ2v) is 9.98. The first-order valence-corrected chi connectivity index (χ1v) is 12.8. The summed E-state index contributed by atoms with van der Waals surface area (Å²) in [5, 5.41) is 14.0. The molecule has 0 unspecified atom stereocenters. The quantitative estimate of drug-likeness (QED) is 0.420. The van der Waals surface area contributed by atoms with Crippen molar-refractivity contribution in [1.82, 2.24) is 15.0 Å². The molecule has 4 aromatic heterocycles. The van der Waals surface area contributed by atoms with Crippen LogP contribution < -0.4 is 15.1 Å². The Morgan fingerprint density at radius 3 is 2.78 bits per heavy atom. The average Bonchev–Trinajstić information content (AvgIpc) is 3.63. The monoisotopic (exact) mass is 506 g/mol. The van der Waals surface area contributed by atoms with Crippen LogP contribution in [0.5, 0.6) is 0 Å². The number of carbonyl (C=O) groups is 1. The molecule has 2 fully saturated rings. The van der Waals surface area contributed by atoms with E-state index in [-0.39, 0.29) is 11.7 Å². The number of hydrogen-bond acceptors (Lipinski definition) is 10. The van der Waals surface area contributed by atoms with Gasteiger partial charge in [-0.1, -0.05) is 11.3 Å². The number of pyridine rings is 2. The van der Waals surface area contributed by atoms with E-state index in [9.17, 15) is 9.90 Å². The van der Waals surface area contributed by atoms with Crippen molar-refractivity contribution in [2.24, 2.45) is 0 Å². The number of aromatic nitrogens is 3. The number of nitrogens with one attached hydrogen (secondary N) is 1. The summed E-state index contributed by atoms with van der Waals surface area (Å²) in [5.41, 5.74) is 2.92. The molecule has 10 nitrogen and oxygen atoms in total. The minimum atomic E-state index is -0.429. The average molecular weight is 507 g/mol. The summed E-state index contributed by atoms with van der Waals surface area (Å²) in [5.74, 6) is 1.03. The van der Waals surface area contributed by atoms with Crippen molar-refractivity contribution in [3.63, 3.8) is 0 Å². The van der Waals surface area contributed by atoms with Crippen LogP contribution in [0, 0.1) is 6.92 Å². The van der Waals surface area contributed by atoms with Crippen molar-refractivity contribution < 1.29 is 19.1 Å². The largest absolute Gasteiger partial charge is 0.451 e. The van der Waals surface area contributed by atoms with Crippen molar-refractivity contribution in [2.45, 2.75) is 19.4 Å². The van der Waals surface area contributed by atoms with E-state index in [1.165, 1.54) is 0 Å². The van der Waals surface area contributed by atoms with Gasteiger partial charge in [0.15, 0.2) is 22.4 Å². The third-order valence-corrected chi connectivity index (χ3v) is 7.41. The molecule has 0 aromatic carbocycles. The highest BCUT2D eigenvalue weighted by atomic mass is 32.1. The Kier molecular flexibility index (Phi) is 6.04. The first kappa shape index (κ1) is 22.9. The van der Waals surface area contributed by atoms with E-state index >= 15 is 0 Å². The molecule has 2 aliphatic heterocycles. The van der Waals surface area contributed by atoms with Gasteiger partial charge in [-0.15, -0.1) is 0 Å². The first-order chi connectivity index (χ1) is 17.5. The van der Waals surface area contributed by atoms with Crippen molar-refractivity contribution in [2.75, 3.05) is 54.5 Å². The molecule has 11 heteroatoms. The number of morpholine rings is 1. The third-order valence-electron chi connectivity index (χ3n) is 6.35. The van der Waals surface area contributed by atoms with Crippen LogP contribution in [-0.2, 0) is 4.74 Å². The maximum Gasteiger partial charge on any atom is 0.291 e. The fourth-order valence-electron chi connectivity index (χ4n) is 4.50. The van der Waals surface area contributed by atoms with Gasteiger partial charge in [0, 0.05) is 43.6 Å². The maximum atomic E-state index is 13.2. The van der Waals surface area contributed by atoms with E-state index < -0.39 is 6.10 Å². The van der Waals surface area contributed by atoms with Gasteiger partial charge in [0.1, 0.15) is 5.76 Å². The Morgan fingerprint density at radius 2 is 2.00 bits per heavy atom. The predicted molar refractivity (Wildman–Crippen MR) is 138 cm³/mol. The number of furan rings is 1. The molecule has 0 bridgehead atoms. The van der Waals surface area contributed by atoms with Gasteiger partial charge < -0.3 is 29.4 Å². The van der Waals surface area contributed by atoms with E-state index in [1.807, 2.05) is 30.0 Å². The summed E-state index contributed by atoms with van der Waals surface area (Å²) < 4.78 is 12.2. The number of thiazole rings is 1. The Balaban J connectivity index is 1.31. The van der Waals surface area contributed by atoms with Gasteiger partial charge >= 0.3 is 0 Å². The first-order valence-electron chi connectivity index (χ1n) is 11.9. The Hall–Kier alpha value is -3.54. The summed E-state index contributed by atoms with van der Waals surface area (Å²) in [6.45, 7) is 5.92. The number of ether oxygens (including phenoxy) is 1. The molecule has 0 radical (unpaired) electrons. The number of aliphatic hydroxyl groups is 1. The molecule has 1 atom stereocenters. The van der Waals surface area contributed by atoms with Crippen LogP contribution in [0.4, 0.5) is 16.6 Å². The molecule has 6 heterocycles. The van der Waals surface area contributed by atoms with Crippen LogP contribution in [0.2, 0.25) is 0 Å². The van der Waals surface area contributed by atoms with Crippen LogP contribution in [0.1, 0.15) is 22.7 Å². The highest BCUT2D eigenvalue weighted by molar-refractivity contribution is 7.22. The number of fused-ring (bicyclic) bond motifs is 1. The van der Waals surface area contributed by atoms with E-state index in [2.05, 4.69) is 15.2 Å². The zero-order chi connectivity index (χ0) is 24.6. The van der Waals surface area contributed by atoms with Crippen molar-refractivity contribution in [3.8, 4) is 11.3 Å². The summed E-state index contributed by atoms with van der Waals surface area (Å²) >= 11 is 1.54. The van der Waals surface area contributed by atoms with Crippen molar-refractivity contribution in [1.29, 1.82) is 0 Å². The number of rotatable bonds is 5. The number of carbonyl (C=O) groups excluding carboxylic acids is 1. The van der Waals surface area contributed by atoms with Gasteiger partial charge in [0.05, 0.1) is 29.7 Å². The van der Waals surface area contributed by atoms with Crippen LogP contribution in [-0.4, -0.2) is 71.5 Å². The minimum Gasteiger partial charge on any atom is -0.451 e. The zero-order valence-corrected chi connectivity index (χ0v) is 20.6. The topological polar surface area (TPSA) is 117 Å². The molecule has 6 rings (SSSR count). The van der Waals surface area contributed by atoms with Gasteiger partial charge in [0.25, 0.3) is 5.91 Å². The molecular weight excluding hydrogens is 480 g/mol. The standard InChI is InChI=1S/C25H26N6O4S/c1-15-12-16(4-6-26-15)19-2-3-20(35-19)24(33)27-18-13-21-22(28-23(18)31-7-5-17(32)14-31)29-25(36-21)30-8-10-34-11-9-30/h2-4,6,12-13,17,32H,5,7-11,14H2,1H3,(H,27,33)/t17-/m0/s1. The molecule has 0 spiro atoms. The minimum absolute atomic E-state index is 0.199. The van der Waals surface area contributed by atoms with Crippen LogP contribution in [0.25, 0.3) is 21.7 Å². The lowest BCUT2D eigenvalue weighted by Crippen LogP contribution is -2.36. The normalized spacial score (nSPS) is 18.2. The lowest BCUT2D eigenvalue weighted by molar-refractivity contribution is 0.0997. The molecule has 0 aliphatic carbocycles. The number of anilines is 3. The fraction of sp³-hybridized carbons (Fsp3) is 0.360. The molecule has 2 saturated heterocycles. The molecule has 1 amide bonds. The molecule has 2 N–H and O–H groups in total. The molecule has 36 heavy (non-hydrogen) atoms. The fourth-order valence-corrected chi connectivity index (χ4v) is 5.50. The lowest BCUT2D eigenvalue weighted by Gasteiger charge is -2.25. The van der Waals surface area contributed by atoms with E-state index in [0.717, 1.165) is 34.2 Å². The van der Waals surface area contributed by atoms with Crippen LogP contribution >= 0.6 is 11.3 Å². The summed E-state index contributed by atoms with van der Waals surface area (Å²) in [4.78, 5) is 31.2. The van der Waals surface area contributed by atoms with Gasteiger partial charge in [-0.2, -0.15) is 4.98 Å². The lowest BCUT2D eigenvalue weighted by atomic mass is 10.2. The van der Waals surface area contributed by atoms with E-state index in [1.54, 1.807) is 29.7 Å². The Morgan fingerprint density at radius 1 is 1.14 bits per heavy atom. The van der Waals surface area contributed by atoms with Crippen molar-refractivity contribution in [3.05, 3.63) is 48.0 Å². The third kappa shape index (κ3) is 4.52. The molecule has 186 valence electrons. The van der Waals surface area contributed by atoms with Gasteiger partial charge in [-0.3, -0.25) is 9.78 Å². The maximum absolute atomic E-state index is 13.2. The molecular formula is C25H26N6O4S. The SMILES string of the molecule is Cc1cc(-c2ccc(C(=O)Nc3cc4sc(N5CCOCC5)nc4nc3N3CC[C@H](O)C3)o2)ccn1. The van der Waals surface area contributed by atoms with E-state index in [4.69, 9.17) is 19.1 Å². The number of aryl methyl sites for hydroxylation is 1. The van der Waals surface area contributed by atoms with Crippen molar-refractivity contribution >= 4 is 44.2 Å². The van der Waals surface area contributed by atoms with Crippen LogP contribution in [0.3, 0.4) is 0 Å². The molecule has 4 aromatic rings. The smallest absolute Gasteiger partial charge is 0.291 e. The number of β-amino-alcohol motifs (C(OH)–C–C–N with tert-alkyl or cyclic N) is 1. The summed E-state index contributed by atoms with van der Waals surface area (Å²) in [6, 6.07) is 9.11. The Labute approximate surface area is 211 Å². The van der Waals surface area contributed by atoms with E-state index in [0.29, 0.717) is 55.6 Å². The van der Waals surface area contributed by atoms with Gasteiger partial charge in [0.2, 0.25) is 0 Å². The zero-order valence-electron chi connectivity index (χ0n) is 19.8. The number of aliphatic hydroxyl groups excluding tert-OH is 1. The summed E-state index contributed by atoms with van der Waals surface area (Å²) in [6.07, 6.45) is 1.93. The number of hydrogen-bond donors (Lipinski definition) is 2. The highest BCUT2D eigenvalue weighted by Crippen LogP contribution is 2.36. The molecule has 0 saturated carbocycles. The molecule has 2 aliphatic rings. The second kappa shape index (κ2) is 9.49. The summed E-state index contributed by atoms with van der Waals surface area (Å²) in [7, 11) is 0. The predicted octanol–water partition coefficient (Wildman–Crippen LogP) is 3.31. The second-order valence-electron chi connectivity index (χ2n) is 8.97. The Bertz CT molecular complexity index is 1410. The number of amides is 1.